The summed E-state index contributed by atoms with van der Waals surface area (Å²) in [5.74, 6) is 0.00448. The second-order valence-electron chi connectivity index (χ2n) is 6.41. The lowest BCUT2D eigenvalue weighted by Crippen LogP contribution is -2.36. The molecule has 0 saturated carbocycles. The molecule has 0 N–H and O–H groups in total. The van der Waals surface area contributed by atoms with Crippen LogP contribution in [0.3, 0.4) is 0 Å². The van der Waals surface area contributed by atoms with Gasteiger partial charge < -0.3 is 4.74 Å². The highest BCUT2D eigenvalue weighted by molar-refractivity contribution is 14.1. The minimum absolute atomic E-state index is 0.00448. The first-order valence-corrected chi connectivity index (χ1v) is 10.8. The molecule has 0 unspecified atom stereocenters. The molecule has 2 aliphatic rings. The molecule has 2 aromatic rings. The number of carbonyl (C=O) groups excluding carboxylic acids is 1. The zero-order chi connectivity index (χ0) is 18.6. The quantitative estimate of drug-likeness (QED) is 0.444. The standard InChI is InChI=1S/C21H19IN2O2S/c22-18-11-5-4-7-15(18)13-19-20(25)24(14-17-10-6-12-26-17)21(27-19)23-16-8-2-1-3-9-16/h1-5,7-9,11,13,17H,6,10,12,14H2/b19-13-,23-21?/t17-/m1/s1. The first-order chi connectivity index (χ1) is 13.2. The SMILES string of the molecule is O=C1/C(=C/c2ccccc2I)SC(=Nc2ccccc2)N1C[C@H]1CCCO1. The van der Waals surface area contributed by atoms with Gasteiger partial charge in [0.25, 0.3) is 5.91 Å². The van der Waals surface area contributed by atoms with E-state index in [2.05, 4.69) is 22.6 Å². The van der Waals surface area contributed by atoms with E-state index < -0.39 is 0 Å². The molecule has 0 aromatic heterocycles. The third-order valence-electron chi connectivity index (χ3n) is 4.47. The summed E-state index contributed by atoms with van der Waals surface area (Å²) in [6, 6.07) is 17.8. The predicted molar refractivity (Wildman–Crippen MR) is 119 cm³/mol. The molecule has 2 aliphatic heterocycles. The number of benzene rings is 2. The third kappa shape index (κ3) is 4.44. The van der Waals surface area contributed by atoms with Crippen LogP contribution in [0.1, 0.15) is 18.4 Å². The molecule has 27 heavy (non-hydrogen) atoms. The maximum Gasteiger partial charge on any atom is 0.266 e. The van der Waals surface area contributed by atoms with Crippen molar-refractivity contribution >= 4 is 57.2 Å². The van der Waals surface area contributed by atoms with Gasteiger partial charge in [0, 0.05) is 10.2 Å². The smallest absolute Gasteiger partial charge is 0.266 e. The van der Waals surface area contributed by atoms with Crippen LogP contribution in [-0.4, -0.2) is 35.2 Å². The Labute approximate surface area is 176 Å². The van der Waals surface area contributed by atoms with Gasteiger partial charge >= 0.3 is 0 Å². The van der Waals surface area contributed by atoms with E-state index in [1.54, 1.807) is 4.90 Å². The van der Waals surface area contributed by atoms with Crippen LogP contribution in [0.5, 0.6) is 0 Å². The highest BCUT2D eigenvalue weighted by Gasteiger charge is 2.35. The number of hydrogen-bond donors (Lipinski definition) is 0. The Morgan fingerprint density at radius 3 is 2.70 bits per heavy atom. The predicted octanol–water partition coefficient (Wildman–Crippen LogP) is 5.07. The van der Waals surface area contributed by atoms with Crippen molar-refractivity contribution in [3.8, 4) is 0 Å². The number of para-hydroxylation sites is 1. The van der Waals surface area contributed by atoms with E-state index in [0.717, 1.165) is 39.4 Å². The van der Waals surface area contributed by atoms with Crippen LogP contribution in [0.25, 0.3) is 6.08 Å². The Bertz CT molecular complexity index is 892. The van der Waals surface area contributed by atoms with Gasteiger partial charge in [0.15, 0.2) is 5.17 Å². The summed E-state index contributed by atoms with van der Waals surface area (Å²) in [6.07, 6.45) is 4.09. The van der Waals surface area contributed by atoms with Crippen molar-refractivity contribution in [1.82, 2.24) is 4.90 Å². The minimum atomic E-state index is 0.00448. The van der Waals surface area contributed by atoms with Crippen molar-refractivity contribution in [2.75, 3.05) is 13.2 Å². The summed E-state index contributed by atoms with van der Waals surface area (Å²) in [5, 5.41) is 0.721. The molecule has 2 aromatic carbocycles. The number of ether oxygens (including phenoxy) is 1. The summed E-state index contributed by atoms with van der Waals surface area (Å²) in [4.78, 5) is 20.3. The molecule has 1 atom stereocenters. The lowest BCUT2D eigenvalue weighted by atomic mass is 10.2. The average molecular weight is 490 g/mol. The third-order valence-corrected chi connectivity index (χ3v) is 6.46. The normalized spacial score (nSPS) is 22.9. The monoisotopic (exact) mass is 490 g/mol. The summed E-state index contributed by atoms with van der Waals surface area (Å²) in [6.45, 7) is 1.33. The minimum Gasteiger partial charge on any atom is -0.376 e. The van der Waals surface area contributed by atoms with Crippen molar-refractivity contribution in [3.63, 3.8) is 0 Å². The van der Waals surface area contributed by atoms with Crippen LogP contribution in [0.4, 0.5) is 5.69 Å². The molecule has 138 valence electrons. The average Bonchev–Trinajstić information content (AvgIpc) is 3.29. The molecular formula is C21H19IN2O2S. The molecule has 0 radical (unpaired) electrons. The number of aliphatic imine (C=N–C) groups is 1. The fourth-order valence-electron chi connectivity index (χ4n) is 3.09. The molecule has 1 amide bonds. The lowest BCUT2D eigenvalue weighted by molar-refractivity contribution is -0.123. The van der Waals surface area contributed by atoms with Gasteiger partial charge in [0.2, 0.25) is 0 Å². The van der Waals surface area contributed by atoms with Crippen molar-refractivity contribution in [3.05, 3.63) is 68.6 Å². The van der Waals surface area contributed by atoms with Gasteiger partial charge in [-0.05, 0) is 77.0 Å². The van der Waals surface area contributed by atoms with Gasteiger partial charge in [-0.15, -0.1) is 0 Å². The van der Waals surface area contributed by atoms with Crippen LogP contribution in [-0.2, 0) is 9.53 Å². The number of amidine groups is 1. The lowest BCUT2D eigenvalue weighted by Gasteiger charge is -2.19. The fourth-order valence-corrected chi connectivity index (χ4v) is 4.63. The molecule has 0 spiro atoms. The highest BCUT2D eigenvalue weighted by Crippen LogP contribution is 2.35. The maximum absolute atomic E-state index is 13.1. The molecule has 2 fully saturated rings. The molecule has 4 nitrogen and oxygen atoms in total. The first kappa shape index (κ1) is 18.7. The van der Waals surface area contributed by atoms with Gasteiger partial charge in [0.1, 0.15) is 0 Å². The number of hydrogen-bond acceptors (Lipinski definition) is 4. The zero-order valence-corrected chi connectivity index (χ0v) is 17.7. The topological polar surface area (TPSA) is 41.9 Å². The highest BCUT2D eigenvalue weighted by atomic mass is 127. The van der Waals surface area contributed by atoms with E-state index in [1.165, 1.54) is 11.8 Å². The van der Waals surface area contributed by atoms with Crippen LogP contribution < -0.4 is 0 Å². The number of amides is 1. The number of rotatable bonds is 4. The second-order valence-corrected chi connectivity index (χ2v) is 8.58. The Hall–Kier alpha value is -1.64. The molecule has 2 heterocycles. The van der Waals surface area contributed by atoms with Crippen molar-refractivity contribution in [2.24, 2.45) is 4.99 Å². The number of nitrogens with zero attached hydrogens (tertiary/aromatic N) is 2. The van der Waals surface area contributed by atoms with Gasteiger partial charge in [-0.1, -0.05) is 36.4 Å². The van der Waals surface area contributed by atoms with Gasteiger partial charge in [-0.3, -0.25) is 9.69 Å². The van der Waals surface area contributed by atoms with Crippen LogP contribution in [0.2, 0.25) is 0 Å². The Balaban J connectivity index is 1.66. The Morgan fingerprint density at radius 2 is 1.96 bits per heavy atom. The zero-order valence-electron chi connectivity index (χ0n) is 14.7. The largest absolute Gasteiger partial charge is 0.376 e. The molecule has 0 aliphatic carbocycles. The van der Waals surface area contributed by atoms with E-state index in [9.17, 15) is 4.79 Å². The van der Waals surface area contributed by atoms with Crippen LogP contribution in [0, 0.1) is 3.57 Å². The molecule has 0 bridgehead atoms. The Morgan fingerprint density at radius 1 is 1.19 bits per heavy atom. The summed E-state index contributed by atoms with van der Waals surface area (Å²) in [5.41, 5.74) is 1.90. The second kappa shape index (κ2) is 8.58. The summed E-state index contributed by atoms with van der Waals surface area (Å²) >= 11 is 3.73. The summed E-state index contributed by atoms with van der Waals surface area (Å²) < 4.78 is 6.88. The Kier molecular flexibility index (Phi) is 5.95. The van der Waals surface area contributed by atoms with Gasteiger partial charge in [-0.25, -0.2) is 4.99 Å². The van der Waals surface area contributed by atoms with E-state index in [4.69, 9.17) is 9.73 Å². The van der Waals surface area contributed by atoms with E-state index in [1.807, 2.05) is 60.7 Å². The van der Waals surface area contributed by atoms with E-state index >= 15 is 0 Å². The van der Waals surface area contributed by atoms with Crippen molar-refractivity contribution < 1.29 is 9.53 Å². The maximum atomic E-state index is 13.1. The van der Waals surface area contributed by atoms with Gasteiger partial charge in [-0.2, -0.15) is 0 Å². The summed E-state index contributed by atoms with van der Waals surface area (Å²) in [7, 11) is 0. The van der Waals surface area contributed by atoms with Crippen LogP contribution in [0.15, 0.2) is 64.5 Å². The first-order valence-electron chi connectivity index (χ1n) is 8.92. The molecular weight excluding hydrogens is 471 g/mol. The molecule has 2 saturated heterocycles. The number of carbonyl (C=O) groups is 1. The molecule has 6 heteroatoms. The number of thioether (sulfide) groups is 1. The molecule has 4 rings (SSSR count). The van der Waals surface area contributed by atoms with E-state index in [-0.39, 0.29) is 12.0 Å². The fraction of sp³-hybridized carbons (Fsp3) is 0.238. The van der Waals surface area contributed by atoms with Crippen LogP contribution >= 0.6 is 34.4 Å². The number of halogens is 1. The van der Waals surface area contributed by atoms with Gasteiger partial charge in [0.05, 0.1) is 23.2 Å². The van der Waals surface area contributed by atoms with Crippen molar-refractivity contribution in [2.45, 2.75) is 18.9 Å². The van der Waals surface area contributed by atoms with Crippen molar-refractivity contribution in [1.29, 1.82) is 0 Å². The van der Waals surface area contributed by atoms with E-state index in [0.29, 0.717) is 11.4 Å².